The largest absolute Gasteiger partial charge is 0.295 e. The fourth-order valence-corrected chi connectivity index (χ4v) is 2.76. The zero-order valence-electron chi connectivity index (χ0n) is 12.8. The molecule has 7 heteroatoms. The van der Waals surface area contributed by atoms with E-state index in [-0.39, 0.29) is 5.69 Å². The summed E-state index contributed by atoms with van der Waals surface area (Å²) in [6.07, 6.45) is 3.17. The molecule has 0 aliphatic carbocycles. The van der Waals surface area contributed by atoms with E-state index in [9.17, 15) is 10.1 Å². The Hall–Kier alpha value is -2.76. The summed E-state index contributed by atoms with van der Waals surface area (Å²) in [6, 6.07) is 15.9. The predicted molar refractivity (Wildman–Crippen MR) is 100 cm³/mol. The average Bonchev–Trinajstić information content (AvgIpc) is 2.63. The Morgan fingerprint density at radius 1 is 0.800 bits per heavy atom. The second-order valence-electron chi connectivity index (χ2n) is 5.03. The number of rotatable bonds is 1. The van der Waals surface area contributed by atoms with Crippen LogP contribution in [0.15, 0.2) is 67.0 Å². The van der Waals surface area contributed by atoms with E-state index in [2.05, 4.69) is 9.97 Å². The van der Waals surface area contributed by atoms with Crippen molar-refractivity contribution in [2.24, 2.45) is 0 Å². The topological polar surface area (TPSA) is 68.9 Å². The van der Waals surface area contributed by atoms with Gasteiger partial charge in [-0.25, -0.2) is 4.98 Å². The van der Waals surface area contributed by atoms with Crippen molar-refractivity contribution in [3.8, 4) is 0 Å². The lowest BCUT2D eigenvalue weighted by Crippen LogP contribution is -1.91. The first-order valence-electron chi connectivity index (χ1n) is 7.25. The number of benzene rings is 2. The number of non-ortho nitro benzene ring substituents is 1. The molecule has 0 radical (unpaired) electrons. The van der Waals surface area contributed by atoms with Crippen LogP contribution in [0.25, 0.3) is 21.8 Å². The maximum absolute atomic E-state index is 10.6. The van der Waals surface area contributed by atoms with Crippen LogP contribution in [0.1, 0.15) is 0 Å². The third kappa shape index (κ3) is 3.68. The zero-order chi connectivity index (χ0) is 17.8. The summed E-state index contributed by atoms with van der Waals surface area (Å²) in [5.41, 5.74) is 1.25. The maximum Gasteiger partial charge on any atom is 0.295 e. The Morgan fingerprint density at radius 2 is 1.44 bits per heavy atom. The van der Waals surface area contributed by atoms with Crippen molar-refractivity contribution in [2.45, 2.75) is 0 Å². The van der Waals surface area contributed by atoms with E-state index in [1.54, 1.807) is 30.5 Å². The fourth-order valence-electron chi connectivity index (χ4n) is 2.34. The number of fused-ring (bicyclic) bond motifs is 2. The molecule has 124 valence electrons. The molecule has 2 aromatic heterocycles. The highest BCUT2D eigenvalue weighted by atomic mass is 35.5. The second-order valence-corrected chi connectivity index (χ2v) is 5.85. The molecule has 0 saturated heterocycles. The highest BCUT2D eigenvalue weighted by Gasteiger charge is 2.13. The number of hydrogen-bond donors (Lipinski definition) is 0. The van der Waals surface area contributed by atoms with Gasteiger partial charge >= 0.3 is 0 Å². The predicted octanol–water partition coefficient (Wildman–Crippen LogP) is 5.68. The number of pyridine rings is 2. The van der Waals surface area contributed by atoms with Crippen LogP contribution in [0.5, 0.6) is 0 Å². The van der Waals surface area contributed by atoms with Gasteiger partial charge in [0.1, 0.15) is 5.52 Å². The second kappa shape index (κ2) is 7.42. The van der Waals surface area contributed by atoms with E-state index < -0.39 is 4.92 Å². The van der Waals surface area contributed by atoms with Crippen molar-refractivity contribution in [3.63, 3.8) is 0 Å². The fraction of sp³-hybridized carbons (Fsp3) is 0. The third-order valence-corrected chi connectivity index (χ3v) is 4.15. The van der Waals surface area contributed by atoms with Gasteiger partial charge in [0, 0.05) is 29.2 Å². The zero-order valence-corrected chi connectivity index (χ0v) is 14.3. The molecular formula is C18H11Cl2N3O2. The third-order valence-electron chi connectivity index (χ3n) is 3.49. The molecule has 4 aromatic rings. The first-order chi connectivity index (χ1) is 12.1. The van der Waals surface area contributed by atoms with E-state index in [4.69, 9.17) is 23.2 Å². The first-order valence-corrected chi connectivity index (χ1v) is 8.00. The SMILES string of the molecule is Clc1ccnc2ccccc12.O=[N+]([O-])c1cccc2c(Cl)ccnc12. The summed E-state index contributed by atoms with van der Waals surface area (Å²) in [4.78, 5) is 18.3. The molecule has 0 aliphatic heterocycles. The van der Waals surface area contributed by atoms with Gasteiger partial charge in [-0.3, -0.25) is 15.1 Å². The number of hydrogen-bond acceptors (Lipinski definition) is 4. The van der Waals surface area contributed by atoms with Crippen LogP contribution in [0.2, 0.25) is 10.0 Å². The first kappa shape index (κ1) is 17.1. The standard InChI is InChI=1S/C9H5ClN2O2.C9H6ClN/c10-7-4-5-11-9-6(7)2-1-3-8(9)12(13)14;10-8-5-6-11-9-4-2-1-3-7(8)9/h1-5H;1-6H. The van der Waals surface area contributed by atoms with Crippen LogP contribution in [-0.4, -0.2) is 14.9 Å². The van der Waals surface area contributed by atoms with Crippen molar-refractivity contribution >= 4 is 50.7 Å². The molecule has 0 N–H and O–H groups in total. The van der Waals surface area contributed by atoms with Gasteiger partial charge in [0.25, 0.3) is 5.69 Å². The Labute approximate surface area is 153 Å². The van der Waals surface area contributed by atoms with Crippen LogP contribution in [0.4, 0.5) is 5.69 Å². The summed E-state index contributed by atoms with van der Waals surface area (Å²) in [7, 11) is 0. The monoisotopic (exact) mass is 371 g/mol. The molecule has 0 amide bonds. The van der Waals surface area contributed by atoms with Gasteiger partial charge in [-0.15, -0.1) is 0 Å². The number of nitrogens with zero attached hydrogens (tertiary/aromatic N) is 3. The molecule has 0 atom stereocenters. The maximum atomic E-state index is 10.6. The van der Waals surface area contributed by atoms with Gasteiger partial charge in [0.15, 0.2) is 0 Å². The normalized spacial score (nSPS) is 10.3. The Kier molecular flexibility index (Phi) is 5.07. The number of halogens is 2. The number of para-hydroxylation sites is 2. The van der Waals surface area contributed by atoms with Crippen LogP contribution >= 0.6 is 23.2 Å². The molecule has 0 spiro atoms. The molecule has 0 unspecified atom stereocenters. The molecule has 25 heavy (non-hydrogen) atoms. The van der Waals surface area contributed by atoms with E-state index in [1.807, 2.05) is 24.3 Å². The van der Waals surface area contributed by atoms with Crippen LogP contribution < -0.4 is 0 Å². The summed E-state index contributed by atoms with van der Waals surface area (Å²) in [5, 5.41) is 13.5. The van der Waals surface area contributed by atoms with Gasteiger partial charge in [0.05, 0.1) is 20.5 Å². The van der Waals surface area contributed by atoms with E-state index in [1.165, 1.54) is 12.3 Å². The van der Waals surface area contributed by atoms with Gasteiger partial charge in [-0.05, 0) is 18.2 Å². The van der Waals surface area contributed by atoms with Crippen LogP contribution in [0.3, 0.4) is 0 Å². The highest BCUT2D eigenvalue weighted by Crippen LogP contribution is 2.27. The number of nitro groups is 1. The summed E-state index contributed by atoms with van der Waals surface area (Å²) in [5.74, 6) is 0. The minimum absolute atomic E-state index is 0.0231. The van der Waals surface area contributed by atoms with Crippen molar-refractivity contribution in [1.29, 1.82) is 0 Å². The number of aromatic nitrogens is 2. The quantitative estimate of drug-likeness (QED) is 0.318. The van der Waals surface area contributed by atoms with E-state index in [0.29, 0.717) is 15.9 Å². The smallest absolute Gasteiger partial charge is 0.258 e. The molecule has 2 aromatic carbocycles. The molecule has 0 aliphatic rings. The highest BCUT2D eigenvalue weighted by molar-refractivity contribution is 6.35. The average molecular weight is 372 g/mol. The molecule has 5 nitrogen and oxygen atoms in total. The van der Waals surface area contributed by atoms with Crippen molar-refractivity contribution in [3.05, 3.63) is 87.2 Å². The van der Waals surface area contributed by atoms with Gasteiger partial charge in [-0.2, -0.15) is 0 Å². The Bertz CT molecular complexity index is 1060. The van der Waals surface area contributed by atoms with Gasteiger partial charge in [-0.1, -0.05) is 53.5 Å². The lowest BCUT2D eigenvalue weighted by molar-refractivity contribution is -0.383. The molecule has 0 saturated carbocycles. The Balaban J connectivity index is 0.000000150. The number of nitro benzene ring substituents is 1. The molecule has 0 bridgehead atoms. The van der Waals surface area contributed by atoms with Crippen molar-refractivity contribution in [1.82, 2.24) is 9.97 Å². The summed E-state index contributed by atoms with van der Waals surface area (Å²) >= 11 is 11.8. The molecule has 4 rings (SSSR count). The van der Waals surface area contributed by atoms with Crippen LogP contribution in [0, 0.1) is 10.1 Å². The Morgan fingerprint density at radius 3 is 2.16 bits per heavy atom. The molecule has 2 heterocycles. The summed E-state index contributed by atoms with van der Waals surface area (Å²) < 4.78 is 0. The molecule has 0 fully saturated rings. The van der Waals surface area contributed by atoms with E-state index in [0.717, 1.165) is 15.9 Å². The van der Waals surface area contributed by atoms with Gasteiger partial charge in [0.2, 0.25) is 0 Å². The van der Waals surface area contributed by atoms with E-state index >= 15 is 0 Å². The summed E-state index contributed by atoms with van der Waals surface area (Å²) in [6.45, 7) is 0. The minimum Gasteiger partial charge on any atom is -0.258 e. The lowest BCUT2D eigenvalue weighted by atomic mass is 10.2. The minimum atomic E-state index is -0.467. The van der Waals surface area contributed by atoms with Crippen molar-refractivity contribution in [2.75, 3.05) is 0 Å². The van der Waals surface area contributed by atoms with Crippen molar-refractivity contribution < 1.29 is 4.92 Å². The van der Waals surface area contributed by atoms with Crippen LogP contribution in [-0.2, 0) is 0 Å². The lowest BCUT2D eigenvalue weighted by Gasteiger charge is -1.99. The van der Waals surface area contributed by atoms with Gasteiger partial charge < -0.3 is 0 Å². The molecular weight excluding hydrogens is 361 g/mol.